The van der Waals surface area contributed by atoms with Gasteiger partial charge in [0.2, 0.25) is 5.91 Å². The van der Waals surface area contributed by atoms with E-state index in [9.17, 15) is 4.79 Å². The molecule has 1 amide bonds. The molecule has 3 rings (SSSR count). The molecule has 0 unspecified atom stereocenters. The highest BCUT2D eigenvalue weighted by atomic mass is 32.2. The smallest absolute Gasteiger partial charge is 0.233 e. The molecule has 0 radical (unpaired) electrons. The number of aromatic nitrogens is 2. The Kier molecular flexibility index (Phi) is 4.83. The van der Waals surface area contributed by atoms with E-state index in [0.717, 1.165) is 18.5 Å². The largest absolute Gasteiger partial charge is 0.384 e. The maximum Gasteiger partial charge on any atom is 0.233 e. The first-order chi connectivity index (χ1) is 10.6. The van der Waals surface area contributed by atoms with Gasteiger partial charge in [-0.3, -0.25) is 4.79 Å². The third-order valence-electron chi connectivity index (χ3n) is 4.23. The second-order valence-corrected chi connectivity index (χ2v) is 6.80. The van der Waals surface area contributed by atoms with Crippen molar-refractivity contribution in [3.05, 3.63) is 11.8 Å². The van der Waals surface area contributed by atoms with E-state index in [4.69, 9.17) is 10.5 Å². The number of hydrogen-bond acceptors (Lipinski definition) is 6. The second-order valence-electron chi connectivity index (χ2n) is 5.85. The van der Waals surface area contributed by atoms with E-state index in [0.29, 0.717) is 29.9 Å². The molecule has 1 aromatic heterocycles. The number of carbonyl (C=O) groups is 1. The molecule has 6 nitrogen and oxygen atoms in total. The van der Waals surface area contributed by atoms with Crippen molar-refractivity contribution in [2.45, 2.75) is 49.9 Å². The average molecular weight is 322 g/mol. The van der Waals surface area contributed by atoms with Crippen molar-refractivity contribution >= 4 is 23.5 Å². The lowest BCUT2D eigenvalue weighted by atomic mass is 9.90. The topological polar surface area (TPSA) is 81.3 Å². The number of ether oxygens (including phenoxy) is 1. The van der Waals surface area contributed by atoms with Crippen LogP contribution in [-0.2, 0) is 9.53 Å². The third kappa shape index (κ3) is 3.52. The number of fused-ring (bicyclic) bond motifs is 1. The van der Waals surface area contributed by atoms with Gasteiger partial charge in [-0.15, -0.1) is 0 Å². The molecule has 1 saturated carbocycles. The van der Waals surface area contributed by atoms with Crippen molar-refractivity contribution in [2.24, 2.45) is 0 Å². The van der Waals surface area contributed by atoms with Crippen LogP contribution < -0.4 is 5.73 Å². The highest BCUT2D eigenvalue weighted by Crippen LogP contribution is 2.29. The van der Waals surface area contributed by atoms with E-state index < -0.39 is 0 Å². The van der Waals surface area contributed by atoms with E-state index in [1.807, 2.05) is 11.8 Å². The lowest BCUT2D eigenvalue weighted by Crippen LogP contribution is -2.55. The van der Waals surface area contributed by atoms with E-state index in [1.165, 1.54) is 24.6 Å². The van der Waals surface area contributed by atoms with Crippen molar-refractivity contribution in [1.82, 2.24) is 14.9 Å². The molecule has 2 N–H and O–H groups in total. The predicted octanol–water partition coefficient (Wildman–Crippen LogP) is 1.63. The van der Waals surface area contributed by atoms with Crippen molar-refractivity contribution in [3.8, 4) is 0 Å². The standard InChI is InChI=1S/C15H22N4O2S/c1-10-8-13(16)18-15(17-10)22-9-14(20)19-6-7-21-12-5-3-2-4-11(12)19/h8,11-12H,2-7,9H2,1H3,(H2,16,17,18)/t11-,12+/m0/s1. The molecule has 1 aliphatic heterocycles. The van der Waals surface area contributed by atoms with Crippen LogP contribution in [0.5, 0.6) is 0 Å². The molecule has 0 aromatic carbocycles. The number of morpholine rings is 1. The fourth-order valence-electron chi connectivity index (χ4n) is 3.24. The molecule has 2 heterocycles. The van der Waals surface area contributed by atoms with Crippen LogP contribution in [0.3, 0.4) is 0 Å². The Bertz CT molecular complexity index is 532. The molecular formula is C15H22N4O2S. The van der Waals surface area contributed by atoms with Crippen LogP contribution in [0.25, 0.3) is 0 Å². The molecule has 1 saturated heterocycles. The molecule has 0 spiro atoms. The molecule has 2 atom stereocenters. The first-order valence-corrected chi connectivity index (χ1v) is 8.77. The van der Waals surface area contributed by atoms with Crippen LogP contribution in [0.2, 0.25) is 0 Å². The van der Waals surface area contributed by atoms with E-state index >= 15 is 0 Å². The first kappa shape index (κ1) is 15.6. The molecule has 2 fully saturated rings. The molecule has 120 valence electrons. The zero-order chi connectivity index (χ0) is 15.5. The Morgan fingerprint density at radius 3 is 3.09 bits per heavy atom. The minimum atomic E-state index is 0.147. The molecule has 1 aromatic rings. The highest BCUT2D eigenvalue weighted by Gasteiger charge is 2.36. The molecule has 0 bridgehead atoms. The van der Waals surface area contributed by atoms with Crippen LogP contribution >= 0.6 is 11.8 Å². The number of nitrogens with zero attached hydrogens (tertiary/aromatic N) is 3. The fraction of sp³-hybridized carbons (Fsp3) is 0.667. The molecule has 22 heavy (non-hydrogen) atoms. The van der Waals surface area contributed by atoms with E-state index in [2.05, 4.69) is 9.97 Å². The fourth-order valence-corrected chi connectivity index (χ4v) is 4.04. The van der Waals surface area contributed by atoms with Crippen molar-refractivity contribution in [1.29, 1.82) is 0 Å². The van der Waals surface area contributed by atoms with Gasteiger partial charge in [-0.25, -0.2) is 9.97 Å². The number of nitrogens with two attached hydrogens (primary N) is 1. The van der Waals surface area contributed by atoms with Gasteiger partial charge in [-0.2, -0.15) is 0 Å². The SMILES string of the molecule is Cc1cc(N)nc(SCC(=O)N2CCO[C@@H]3CCCC[C@@H]32)n1. The van der Waals surface area contributed by atoms with Crippen molar-refractivity contribution < 1.29 is 9.53 Å². The van der Waals surface area contributed by atoms with E-state index in [-0.39, 0.29) is 18.1 Å². The Hall–Kier alpha value is -1.34. The summed E-state index contributed by atoms with van der Waals surface area (Å²) in [5, 5.41) is 0.569. The summed E-state index contributed by atoms with van der Waals surface area (Å²) in [7, 11) is 0. The second kappa shape index (κ2) is 6.83. The van der Waals surface area contributed by atoms with E-state index in [1.54, 1.807) is 6.07 Å². The predicted molar refractivity (Wildman–Crippen MR) is 85.6 cm³/mol. The molecule has 7 heteroatoms. The summed E-state index contributed by atoms with van der Waals surface area (Å²) in [4.78, 5) is 23.0. The Morgan fingerprint density at radius 1 is 1.45 bits per heavy atom. The number of carbonyl (C=O) groups excluding carboxylic acids is 1. The van der Waals surface area contributed by atoms with Gasteiger partial charge in [0.25, 0.3) is 0 Å². The molecular weight excluding hydrogens is 300 g/mol. The number of anilines is 1. The lowest BCUT2D eigenvalue weighted by molar-refractivity contribution is -0.146. The van der Waals surface area contributed by atoms with Gasteiger partial charge in [0.1, 0.15) is 5.82 Å². The van der Waals surface area contributed by atoms with Crippen molar-refractivity contribution in [3.63, 3.8) is 0 Å². The lowest BCUT2D eigenvalue weighted by Gasteiger charge is -2.43. The van der Waals surface area contributed by atoms with Crippen LogP contribution in [0.15, 0.2) is 11.2 Å². The number of aryl methyl sites for hydroxylation is 1. The summed E-state index contributed by atoms with van der Waals surface area (Å²) in [6, 6.07) is 1.97. The summed E-state index contributed by atoms with van der Waals surface area (Å²) in [5.41, 5.74) is 6.54. The van der Waals surface area contributed by atoms with Gasteiger partial charge in [0.05, 0.1) is 24.5 Å². The highest BCUT2D eigenvalue weighted by molar-refractivity contribution is 7.99. The minimum Gasteiger partial charge on any atom is -0.384 e. The summed E-state index contributed by atoms with van der Waals surface area (Å²) in [5.74, 6) is 0.946. The Balaban J connectivity index is 1.61. The normalized spacial score (nSPS) is 24.9. The number of hydrogen-bond donors (Lipinski definition) is 1. The van der Waals surface area contributed by atoms with Crippen LogP contribution in [-0.4, -0.2) is 51.8 Å². The van der Waals surface area contributed by atoms with Gasteiger partial charge in [0, 0.05) is 18.3 Å². The maximum absolute atomic E-state index is 12.6. The summed E-state index contributed by atoms with van der Waals surface area (Å²) in [6.07, 6.45) is 4.73. The summed E-state index contributed by atoms with van der Waals surface area (Å²) >= 11 is 1.36. The third-order valence-corrected chi connectivity index (χ3v) is 5.06. The summed E-state index contributed by atoms with van der Waals surface area (Å²) in [6.45, 7) is 3.21. The average Bonchev–Trinajstić information content (AvgIpc) is 2.51. The Morgan fingerprint density at radius 2 is 2.27 bits per heavy atom. The van der Waals surface area contributed by atoms with Crippen LogP contribution in [0, 0.1) is 6.92 Å². The number of rotatable bonds is 3. The van der Waals surface area contributed by atoms with Gasteiger partial charge in [-0.1, -0.05) is 24.6 Å². The monoisotopic (exact) mass is 322 g/mol. The zero-order valence-corrected chi connectivity index (χ0v) is 13.6. The van der Waals surface area contributed by atoms with Gasteiger partial charge >= 0.3 is 0 Å². The number of amides is 1. The van der Waals surface area contributed by atoms with Gasteiger partial charge in [0.15, 0.2) is 5.16 Å². The van der Waals surface area contributed by atoms with Crippen LogP contribution in [0.4, 0.5) is 5.82 Å². The maximum atomic E-state index is 12.6. The van der Waals surface area contributed by atoms with Gasteiger partial charge in [-0.05, 0) is 19.8 Å². The minimum absolute atomic E-state index is 0.147. The summed E-state index contributed by atoms with van der Waals surface area (Å²) < 4.78 is 5.81. The van der Waals surface area contributed by atoms with Crippen molar-refractivity contribution in [2.75, 3.05) is 24.6 Å². The Labute approximate surface area is 134 Å². The van der Waals surface area contributed by atoms with Gasteiger partial charge < -0.3 is 15.4 Å². The molecule has 2 aliphatic rings. The molecule has 1 aliphatic carbocycles. The van der Waals surface area contributed by atoms with Crippen LogP contribution in [0.1, 0.15) is 31.4 Å². The zero-order valence-electron chi connectivity index (χ0n) is 12.8. The first-order valence-electron chi connectivity index (χ1n) is 7.78. The number of nitrogen functional groups attached to an aromatic ring is 1. The quantitative estimate of drug-likeness (QED) is 0.673. The number of thioether (sulfide) groups is 1.